The molecule has 0 aliphatic carbocycles. The third-order valence-electron chi connectivity index (χ3n) is 5.14. The van der Waals surface area contributed by atoms with Crippen LogP contribution in [0.4, 0.5) is 0 Å². The van der Waals surface area contributed by atoms with Crippen LogP contribution in [0.1, 0.15) is 30.2 Å². The molecule has 0 amide bonds. The van der Waals surface area contributed by atoms with Gasteiger partial charge in [-0.15, -0.1) is 24.0 Å². The molecule has 0 radical (unpaired) electrons. The van der Waals surface area contributed by atoms with Gasteiger partial charge in [0.15, 0.2) is 5.96 Å². The van der Waals surface area contributed by atoms with Gasteiger partial charge in [0.2, 0.25) is 0 Å². The van der Waals surface area contributed by atoms with Crippen molar-refractivity contribution in [3.05, 3.63) is 58.9 Å². The summed E-state index contributed by atoms with van der Waals surface area (Å²) < 4.78 is 8.15. The Morgan fingerprint density at radius 3 is 2.75 bits per heavy atom. The van der Waals surface area contributed by atoms with Gasteiger partial charge in [-0.3, -0.25) is 4.99 Å². The first-order valence-electron chi connectivity index (χ1n) is 9.47. The van der Waals surface area contributed by atoms with Crippen LogP contribution in [0.15, 0.2) is 47.6 Å². The molecular formula is C21H30ClIN4O. The summed E-state index contributed by atoms with van der Waals surface area (Å²) in [5, 5.41) is 4.30. The lowest BCUT2D eigenvalue weighted by Crippen LogP contribution is -2.42. The molecule has 7 heteroatoms. The number of hydrogen-bond donors (Lipinski definition) is 1. The molecule has 154 valence electrons. The second kappa shape index (κ2) is 11.1. The Bertz CT molecular complexity index is 765. The summed E-state index contributed by atoms with van der Waals surface area (Å²) in [6.45, 7) is 2.41. The third kappa shape index (κ3) is 5.87. The van der Waals surface area contributed by atoms with Gasteiger partial charge in [0, 0.05) is 52.1 Å². The zero-order valence-corrected chi connectivity index (χ0v) is 19.9. The lowest BCUT2D eigenvalue weighted by molar-refractivity contribution is -0.0266. The number of ether oxygens (including phenoxy) is 1. The van der Waals surface area contributed by atoms with Crippen LogP contribution >= 0.6 is 35.6 Å². The van der Waals surface area contributed by atoms with E-state index >= 15 is 0 Å². The molecule has 0 bridgehead atoms. The molecule has 5 nitrogen and oxygen atoms in total. The Balaban J connectivity index is 0.00000280. The number of guanidine groups is 1. The van der Waals surface area contributed by atoms with Crippen molar-refractivity contribution in [2.24, 2.45) is 18.0 Å². The predicted octanol–water partition coefficient (Wildman–Crippen LogP) is 4.47. The van der Waals surface area contributed by atoms with E-state index in [1.54, 1.807) is 0 Å². The summed E-state index contributed by atoms with van der Waals surface area (Å²) in [4.78, 5) is 6.57. The van der Waals surface area contributed by atoms with Gasteiger partial charge in [0.05, 0.1) is 17.7 Å². The molecule has 1 aromatic carbocycles. The van der Waals surface area contributed by atoms with E-state index < -0.39 is 0 Å². The summed E-state index contributed by atoms with van der Waals surface area (Å²) in [5.41, 5.74) is 2.40. The van der Waals surface area contributed by atoms with Crippen molar-refractivity contribution in [1.82, 2.24) is 14.8 Å². The van der Waals surface area contributed by atoms with Crippen molar-refractivity contribution >= 4 is 41.5 Å². The van der Waals surface area contributed by atoms with E-state index in [-0.39, 0.29) is 30.1 Å². The molecule has 3 rings (SSSR count). The minimum absolute atomic E-state index is 0. The van der Waals surface area contributed by atoms with Gasteiger partial charge < -0.3 is 19.5 Å². The van der Waals surface area contributed by atoms with E-state index in [9.17, 15) is 0 Å². The average Bonchev–Trinajstić information content (AvgIpc) is 3.00. The normalized spacial score (nSPS) is 19.8. The third-order valence-corrected chi connectivity index (χ3v) is 5.35. The van der Waals surface area contributed by atoms with E-state index in [0.717, 1.165) is 49.2 Å². The Kier molecular flexibility index (Phi) is 9.11. The highest BCUT2D eigenvalue weighted by Crippen LogP contribution is 2.33. The molecule has 2 heterocycles. The number of halogens is 2. The summed E-state index contributed by atoms with van der Waals surface area (Å²) in [6, 6.07) is 12.5. The van der Waals surface area contributed by atoms with Crippen molar-refractivity contribution in [2.45, 2.75) is 25.5 Å². The molecule has 2 unspecified atom stereocenters. The summed E-state index contributed by atoms with van der Waals surface area (Å²) in [5.74, 6) is 1.31. The molecule has 1 N–H and O–H groups in total. The molecule has 1 aromatic heterocycles. The average molecular weight is 517 g/mol. The highest BCUT2D eigenvalue weighted by molar-refractivity contribution is 14.0. The van der Waals surface area contributed by atoms with Crippen LogP contribution in [0.5, 0.6) is 0 Å². The molecular weight excluding hydrogens is 487 g/mol. The molecule has 28 heavy (non-hydrogen) atoms. The number of hydrogen-bond acceptors (Lipinski definition) is 2. The molecule has 2 aromatic rings. The van der Waals surface area contributed by atoms with Crippen molar-refractivity contribution in [1.29, 1.82) is 0 Å². The standard InChI is InChI=1S/C21H29ClN4O.HI/c1-23-21(26(3)15-19-12-18(22)14-25(19)2)24-13-17-10-7-11-27-20(17)16-8-5-4-6-9-16;/h4-6,8-9,12,14,17,20H,7,10-11,13,15H2,1-3H3,(H,23,24);1H. The van der Waals surface area contributed by atoms with Crippen LogP contribution in [0.2, 0.25) is 5.02 Å². The topological polar surface area (TPSA) is 41.8 Å². The number of nitrogens with one attached hydrogen (secondary N) is 1. The number of aromatic nitrogens is 1. The lowest BCUT2D eigenvalue weighted by Gasteiger charge is -2.33. The fourth-order valence-corrected chi connectivity index (χ4v) is 3.98. The van der Waals surface area contributed by atoms with Crippen LogP contribution < -0.4 is 5.32 Å². The SMILES string of the molecule is CN=C(NCC1CCCOC1c1ccccc1)N(C)Cc1cc(Cl)cn1C.I. The summed E-state index contributed by atoms with van der Waals surface area (Å²) >= 11 is 6.10. The lowest BCUT2D eigenvalue weighted by atomic mass is 9.89. The van der Waals surface area contributed by atoms with Gasteiger partial charge in [-0.25, -0.2) is 0 Å². The fraction of sp³-hybridized carbons (Fsp3) is 0.476. The Hall–Kier alpha value is -1.25. The number of aliphatic imine (C=N–C) groups is 1. The highest BCUT2D eigenvalue weighted by Gasteiger charge is 2.27. The van der Waals surface area contributed by atoms with E-state index in [1.807, 2.05) is 44.0 Å². The Labute approximate surface area is 190 Å². The number of rotatable bonds is 5. The molecule has 0 spiro atoms. The Morgan fingerprint density at radius 2 is 2.11 bits per heavy atom. The maximum absolute atomic E-state index is 6.11. The first kappa shape index (κ1) is 23.0. The van der Waals surface area contributed by atoms with E-state index in [0.29, 0.717) is 5.92 Å². The second-order valence-electron chi connectivity index (χ2n) is 7.15. The van der Waals surface area contributed by atoms with E-state index in [4.69, 9.17) is 16.3 Å². The van der Waals surface area contributed by atoms with Crippen LogP contribution in [-0.4, -0.2) is 42.7 Å². The van der Waals surface area contributed by atoms with Gasteiger partial charge in [0.25, 0.3) is 0 Å². The second-order valence-corrected chi connectivity index (χ2v) is 7.59. The molecule has 0 saturated carbocycles. The van der Waals surface area contributed by atoms with Gasteiger partial charge >= 0.3 is 0 Å². The van der Waals surface area contributed by atoms with Gasteiger partial charge in [-0.1, -0.05) is 41.9 Å². The molecule has 2 atom stereocenters. The molecule has 1 fully saturated rings. The Morgan fingerprint density at radius 1 is 1.36 bits per heavy atom. The van der Waals surface area contributed by atoms with Crippen molar-refractivity contribution in [3.8, 4) is 0 Å². The molecule has 1 saturated heterocycles. The molecule has 1 aliphatic heterocycles. The van der Waals surface area contributed by atoms with Gasteiger partial charge in [-0.05, 0) is 24.5 Å². The number of nitrogens with zero attached hydrogens (tertiary/aromatic N) is 3. The van der Waals surface area contributed by atoms with Crippen LogP contribution in [0, 0.1) is 5.92 Å². The molecule has 1 aliphatic rings. The quantitative estimate of drug-likeness (QED) is 0.362. The van der Waals surface area contributed by atoms with Gasteiger partial charge in [0.1, 0.15) is 0 Å². The highest BCUT2D eigenvalue weighted by atomic mass is 127. The predicted molar refractivity (Wildman–Crippen MR) is 127 cm³/mol. The zero-order valence-electron chi connectivity index (χ0n) is 16.8. The largest absolute Gasteiger partial charge is 0.373 e. The number of benzene rings is 1. The van der Waals surface area contributed by atoms with Crippen LogP contribution in [-0.2, 0) is 18.3 Å². The van der Waals surface area contributed by atoms with Crippen molar-refractivity contribution in [2.75, 3.05) is 27.2 Å². The zero-order chi connectivity index (χ0) is 19.2. The van der Waals surface area contributed by atoms with Crippen molar-refractivity contribution < 1.29 is 4.74 Å². The summed E-state index contributed by atoms with van der Waals surface area (Å²) in [6.07, 6.45) is 4.32. The van der Waals surface area contributed by atoms with E-state index in [1.165, 1.54) is 5.56 Å². The van der Waals surface area contributed by atoms with Crippen LogP contribution in [0.3, 0.4) is 0 Å². The van der Waals surface area contributed by atoms with Gasteiger partial charge in [-0.2, -0.15) is 0 Å². The maximum Gasteiger partial charge on any atom is 0.193 e. The van der Waals surface area contributed by atoms with Crippen LogP contribution in [0.25, 0.3) is 0 Å². The monoisotopic (exact) mass is 516 g/mol. The minimum Gasteiger partial charge on any atom is -0.373 e. The number of aryl methyl sites for hydroxylation is 1. The fourth-order valence-electron chi connectivity index (χ4n) is 3.71. The maximum atomic E-state index is 6.11. The minimum atomic E-state index is 0. The first-order valence-corrected chi connectivity index (χ1v) is 9.85. The first-order chi connectivity index (χ1) is 13.1. The van der Waals surface area contributed by atoms with Crippen molar-refractivity contribution in [3.63, 3.8) is 0 Å². The van der Waals surface area contributed by atoms with E-state index in [2.05, 4.69) is 39.5 Å². The summed E-state index contributed by atoms with van der Waals surface area (Å²) in [7, 11) is 5.88. The smallest absolute Gasteiger partial charge is 0.193 e.